The Morgan fingerprint density at radius 3 is 2.18 bits per heavy atom. The van der Waals surface area contributed by atoms with Crippen molar-refractivity contribution in [1.82, 2.24) is 20.0 Å². The van der Waals surface area contributed by atoms with Crippen molar-refractivity contribution in [3.05, 3.63) is 83.2 Å². The summed E-state index contributed by atoms with van der Waals surface area (Å²) in [6.45, 7) is 6.11. The maximum Gasteiger partial charge on any atom is 0.262 e. The summed E-state index contributed by atoms with van der Waals surface area (Å²) >= 11 is 0. The summed E-state index contributed by atoms with van der Waals surface area (Å²) < 4.78 is 1.86. The third-order valence-corrected chi connectivity index (χ3v) is 5.95. The summed E-state index contributed by atoms with van der Waals surface area (Å²) in [6.07, 6.45) is 3.50. The maximum absolute atomic E-state index is 13.0. The second-order valence-electron chi connectivity index (χ2n) is 8.63. The van der Waals surface area contributed by atoms with E-state index in [4.69, 9.17) is 0 Å². The lowest BCUT2D eigenvalue weighted by Crippen LogP contribution is -2.52. The largest absolute Gasteiger partial charge is 0.354 e. The predicted molar refractivity (Wildman–Crippen MR) is 125 cm³/mol. The minimum Gasteiger partial charge on any atom is -0.354 e. The van der Waals surface area contributed by atoms with E-state index in [2.05, 4.69) is 10.4 Å². The van der Waals surface area contributed by atoms with Gasteiger partial charge in [-0.1, -0.05) is 44.2 Å². The van der Waals surface area contributed by atoms with Crippen molar-refractivity contribution in [1.29, 1.82) is 0 Å². The quantitative estimate of drug-likeness (QED) is 0.425. The number of hydrogen-bond acceptors (Lipinski definition) is 4. The molecule has 1 unspecified atom stereocenters. The maximum atomic E-state index is 13.0. The Morgan fingerprint density at radius 1 is 0.970 bits per heavy atom. The number of nitrogens with zero attached hydrogens (tertiary/aromatic N) is 3. The standard InChI is InChI=1S/C26H28N4O3/c1-17(2)23(30-25(32)21-13-7-8-14-22(21)26(30)33)24(31)27-15-9-10-19-16-29(28-18(19)3)20-11-5-4-6-12-20/h4-8,11-14,16-17,23H,9-10,15H2,1-3H3,(H,27,31). The van der Waals surface area contributed by atoms with E-state index >= 15 is 0 Å². The molecule has 7 nitrogen and oxygen atoms in total. The first-order chi connectivity index (χ1) is 15.9. The van der Waals surface area contributed by atoms with Gasteiger partial charge in [-0.25, -0.2) is 4.68 Å². The van der Waals surface area contributed by atoms with Gasteiger partial charge >= 0.3 is 0 Å². The highest BCUT2D eigenvalue weighted by atomic mass is 16.2. The fraction of sp³-hybridized carbons (Fsp3) is 0.308. The van der Waals surface area contributed by atoms with Crippen molar-refractivity contribution in [3.63, 3.8) is 0 Å². The number of aryl methyl sites for hydroxylation is 2. The molecule has 2 heterocycles. The van der Waals surface area contributed by atoms with E-state index in [1.165, 1.54) is 0 Å². The Balaban J connectivity index is 1.37. The summed E-state index contributed by atoms with van der Waals surface area (Å²) in [5.41, 5.74) is 3.78. The van der Waals surface area contributed by atoms with E-state index in [1.54, 1.807) is 24.3 Å². The molecule has 1 aliphatic heterocycles. The van der Waals surface area contributed by atoms with Crippen LogP contribution in [0.15, 0.2) is 60.8 Å². The Kier molecular flexibility index (Phi) is 6.40. The number of para-hydroxylation sites is 1. The molecule has 170 valence electrons. The molecule has 0 saturated heterocycles. The van der Waals surface area contributed by atoms with Crippen LogP contribution in [-0.2, 0) is 11.2 Å². The van der Waals surface area contributed by atoms with Crippen LogP contribution in [0.1, 0.15) is 52.2 Å². The molecule has 0 aliphatic carbocycles. The van der Waals surface area contributed by atoms with Gasteiger partial charge in [0.2, 0.25) is 5.91 Å². The minimum absolute atomic E-state index is 0.210. The molecule has 3 amide bonds. The zero-order valence-electron chi connectivity index (χ0n) is 19.1. The van der Waals surface area contributed by atoms with E-state index in [1.807, 2.05) is 62.0 Å². The highest BCUT2D eigenvalue weighted by Crippen LogP contribution is 2.27. The molecule has 1 aromatic heterocycles. The number of imide groups is 1. The van der Waals surface area contributed by atoms with Crippen LogP contribution in [0.2, 0.25) is 0 Å². The molecule has 1 aliphatic rings. The van der Waals surface area contributed by atoms with Gasteiger partial charge in [0.1, 0.15) is 6.04 Å². The van der Waals surface area contributed by atoms with Crippen LogP contribution in [0, 0.1) is 12.8 Å². The van der Waals surface area contributed by atoms with Crippen molar-refractivity contribution < 1.29 is 14.4 Å². The molecule has 0 bridgehead atoms. The van der Waals surface area contributed by atoms with Gasteiger partial charge in [0.25, 0.3) is 11.8 Å². The zero-order valence-corrected chi connectivity index (χ0v) is 19.1. The Morgan fingerprint density at radius 2 is 1.58 bits per heavy atom. The number of benzene rings is 2. The van der Waals surface area contributed by atoms with Gasteiger partial charge in [0, 0.05) is 12.7 Å². The molecule has 3 aromatic rings. The molecule has 0 saturated carbocycles. The monoisotopic (exact) mass is 444 g/mol. The normalized spacial score (nSPS) is 14.0. The average Bonchev–Trinajstić information content (AvgIpc) is 3.30. The smallest absolute Gasteiger partial charge is 0.262 e. The Labute approximate surface area is 193 Å². The molecule has 0 spiro atoms. The molecular weight excluding hydrogens is 416 g/mol. The lowest BCUT2D eigenvalue weighted by Gasteiger charge is -2.28. The van der Waals surface area contributed by atoms with Crippen LogP contribution in [0.4, 0.5) is 0 Å². The van der Waals surface area contributed by atoms with Crippen LogP contribution in [0.3, 0.4) is 0 Å². The number of fused-ring (bicyclic) bond motifs is 1. The highest BCUT2D eigenvalue weighted by molar-refractivity contribution is 6.22. The van der Waals surface area contributed by atoms with E-state index in [0.29, 0.717) is 17.7 Å². The summed E-state index contributed by atoms with van der Waals surface area (Å²) in [6, 6.07) is 15.8. The first-order valence-electron chi connectivity index (χ1n) is 11.2. The van der Waals surface area contributed by atoms with Crippen LogP contribution in [0.5, 0.6) is 0 Å². The molecule has 2 aromatic carbocycles. The van der Waals surface area contributed by atoms with Crippen molar-refractivity contribution in [3.8, 4) is 5.69 Å². The fourth-order valence-electron chi connectivity index (χ4n) is 4.23. The molecule has 0 fully saturated rings. The van der Waals surface area contributed by atoms with E-state index in [0.717, 1.165) is 34.7 Å². The first-order valence-corrected chi connectivity index (χ1v) is 11.2. The Bertz CT molecular complexity index is 1150. The Hall–Kier alpha value is -3.74. The van der Waals surface area contributed by atoms with Gasteiger partial charge in [0.05, 0.1) is 22.5 Å². The minimum atomic E-state index is -0.847. The molecule has 1 N–H and O–H groups in total. The summed E-state index contributed by atoms with van der Waals surface area (Å²) in [5, 5.41) is 7.51. The summed E-state index contributed by atoms with van der Waals surface area (Å²) in [7, 11) is 0. The number of carbonyl (C=O) groups is 3. The van der Waals surface area contributed by atoms with Gasteiger partial charge in [-0.3, -0.25) is 19.3 Å². The third-order valence-electron chi connectivity index (χ3n) is 5.95. The molecule has 4 rings (SSSR count). The number of hydrogen-bond donors (Lipinski definition) is 1. The van der Waals surface area contributed by atoms with Gasteiger partial charge in [-0.05, 0) is 55.5 Å². The van der Waals surface area contributed by atoms with E-state index in [-0.39, 0.29) is 11.8 Å². The molecular formula is C26H28N4O3. The number of carbonyl (C=O) groups excluding carboxylic acids is 3. The SMILES string of the molecule is Cc1nn(-c2ccccc2)cc1CCCNC(=O)C(C(C)C)N1C(=O)c2ccccc2C1=O. The average molecular weight is 445 g/mol. The predicted octanol–water partition coefficient (Wildman–Crippen LogP) is 3.55. The van der Waals surface area contributed by atoms with Gasteiger partial charge in [-0.15, -0.1) is 0 Å². The van der Waals surface area contributed by atoms with Crippen LogP contribution in [0.25, 0.3) is 5.69 Å². The second-order valence-corrected chi connectivity index (χ2v) is 8.63. The molecule has 0 radical (unpaired) electrons. The lowest BCUT2D eigenvalue weighted by atomic mass is 10.0. The number of amides is 3. The lowest BCUT2D eigenvalue weighted by molar-refractivity contribution is -0.126. The number of rotatable bonds is 8. The van der Waals surface area contributed by atoms with Gasteiger partial charge in [-0.2, -0.15) is 5.10 Å². The second kappa shape index (κ2) is 9.40. The van der Waals surface area contributed by atoms with Gasteiger partial charge in [0.15, 0.2) is 0 Å². The van der Waals surface area contributed by atoms with Crippen LogP contribution >= 0.6 is 0 Å². The zero-order chi connectivity index (χ0) is 23.5. The van der Waals surface area contributed by atoms with Gasteiger partial charge < -0.3 is 5.32 Å². The van der Waals surface area contributed by atoms with Crippen molar-refractivity contribution >= 4 is 17.7 Å². The number of aromatic nitrogens is 2. The molecule has 1 atom stereocenters. The molecule has 7 heteroatoms. The number of nitrogens with one attached hydrogen (secondary N) is 1. The summed E-state index contributed by atoms with van der Waals surface area (Å²) in [4.78, 5) is 39.8. The van der Waals surface area contributed by atoms with Crippen molar-refractivity contribution in [2.45, 2.75) is 39.7 Å². The topological polar surface area (TPSA) is 84.3 Å². The van der Waals surface area contributed by atoms with Crippen LogP contribution < -0.4 is 5.32 Å². The third kappa shape index (κ3) is 4.44. The van der Waals surface area contributed by atoms with Crippen molar-refractivity contribution in [2.75, 3.05) is 6.54 Å². The van der Waals surface area contributed by atoms with E-state index < -0.39 is 17.9 Å². The van der Waals surface area contributed by atoms with Crippen LogP contribution in [-0.4, -0.2) is 45.0 Å². The highest BCUT2D eigenvalue weighted by Gasteiger charge is 2.43. The van der Waals surface area contributed by atoms with Crippen molar-refractivity contribution in [2.24, 2.45) is 5.92 Å². The molecule has 33 heavy (non-hydrogen) atoms. The van der Waals surface area contributed by atoms with E-state index in [9.17, 15) is 14.4 Å². The summed E-state index contributed by atoms with van der Waals surface area (Å²) in [5.74, 6) is -1.34. The first kappa shape index (κ1) is 22.5. The fourth-order valence-corrected chi connectivity index (χ4v) is 4.23.